The number of likely N-dealkylation sites (N-methyl/N-ethyl adjacent to an activating group) is 1. The van der Waals surface area contributed by atoms with Crippen LogP contribution in [0.15, 0.2) is 71.6 Å². The first-order valence-electron chi connectivity index (χ1n) is 11.9. The maximum Gasteiger partial charge on any atom is 0.417 e. The van der Waals surface area contributed by atoms with Crippen molar-refractivity contribution in [3.63, 3.8) is 0 Å². The summed E-state index contributed by atoms with van der Waals surface area (Å²) in [4.78, 5) is 26.8. The molecule has 0 aliphatic heterocycles. The quantitative estimate of drug-likeness (QED) is 0.344. The van der Waals surface area contributed by atoms with Crippen LogP contribution in [0.4, 0.5) is 23.2 Å². The lowest BCUT2D eigenvalue weighted by Gasteiger charge is -2.32. The van der Waals surface area contributed by atoms with E-state index in [4.69, 9.17) is 11.6 Å². The minimum atomic E-state index is -4.92. The Kier molecular flexibility index (Phi) is 9.47. The number of benzene rings is 3. The van der Waals surface area contributed by atoms with Gasteiger partial charge in [-0.15, -0.1) is 0 Å². The summed E-state index contributed by atoms with van der Waals surface area (Å²) in [5, 5.41) is 1.72. The highest BCUT2D eigenvalue weighted by Crippen LogP contribution is 2.38. The highest BCUT2D eigenvalue weighted by atomic mass is 35.5. The summed E-state index contributed by atoms with van der Waals surface area (Å²) in [5.74, 6) is -2.25. The van der Waals surface area contributed by atoms with E-state index in [1.807, 2.05) is 0 Å². The average Bonchev–Trinajstić information content (AvgIpc) is 2.90. The fourth-order valence-electron chi connectivity index (χ4n) is 3.85. The van der Waals surface area contributed by atoms with Crippen LogP contribution in [0.1, 0.15) is 23.6 Å². The van der Waals surface area contributed by atoms with Crippen LogP contribution in [-0.2, 0) is 32.3 Å². The molecule has 40 heavy (non-hydrogen) atoms. The van der Waals surface area contributed by atoms with Gasteiger partial charge in [0, 0.05) is 19.2 Å². The van der Waals surface area contributed by atoms with E-state index >= 15 is 0 Å². The minimum absolute atomic E-state index is 0.0467. The van der Waals surface area contributed by atoms with Crippen molar-refractivity contribution in [1.82, 2.24) is 10.2 Å². The number of nitrogens with one attached hydrogen (secondary N) is 1. The summed E-state index contributed by atoms with van der Waals surface area (Å²) in [5.41, 5.74) is -1.01. The van der Waals surface area contributed by atoms with Gasteiger partial charge in [0.1, 0.15) is 18.4 Å². The molecule has 3 aromatic rings. The van der Waals surface area contributed by atoms with Gasteiger partial charge >= 0.3 is 6.18 Å². The Bertz CT molecular complexity index is 1500. The van der Waals surface area contributed by atoms with Gasteiger partial charge in [0.2, 0.25) is 11.8 Å². The molecule has 0 aliphatic carbocycles. The van der Waals surface area contributed by atoms with Gasteiger partial charge in [0.05, 0.1) is 21.2 Å². The number of sulfonamides is 1. The van der Waals surface area contributed by atoms with Gasteiger partial charge < -0.3 is 10.2 Å². The summed E-state index contributed by atoms with van der Waals surface area (Å²) in [6.45, 7) is 1.67. The Morgan fingerprint density at radius 3 is 2.23 bits per heavy atom. The molecular weight excluding hydrogens is 574 g/mol. The van der Waals surface area contributed by atoms with E-state index in [2.05, 4.69) is 5.32 Å². The van der Waals surface area contributed by atoms with E-state index in [1.165, 1.54) is 56.4 Å². The molecule has 3 rings (SSSR count). The minimum Gasteiger partial charge on any atom is -0.357 e. The summed E-state index contributed by atoms with van der Waals surface area (Å²) in [6, 6.07) is 12.3. The van der Waals surface area contributed by atoms with E-state index in [-0.39, 0.29) is 10.5 Å². The van der Waals surface area contributed by atoms with Crippen molar-refractivity contribution in [2.45, 2.75) is 37.5 Å². The van der Waals surface area contributed by atoms with Gasteiger partial charge in [-0.25, -0.2) is 12.8 Å². The van der Waals surface area contributed by atoms with Crippen LogP contribution in [0, 0.1) is 12.7 Å². The van der Waals surface area contributed by atoms with Gasteiger partial charge in [-0.1, -0.05) is 47.5 Å². The van der Waals surface area contributed by atoms with Gasteiger partial charge in [-0.05, 0) is 50.2 Å². The summed E-state index contributed by atoms with van der Waals surface area (Å²) >= 11 is 5.74. The van der Waals surface area contributed by atoms with Crippen molar-refractivity contribution in [3.05, 3.63) is 94.3 Å². The number of aryl methyl sites for hydroxylation is 1. The number of amides is 2. The number of alkyl halides is 3. The molecule has 0 spiro atoms. The number of carbonyl (C=O) groups excluding carboxylic acids is 2. The van der Waals surface area contributed by atoms with Crippen molar-refractivity contribution in [2.75, 3.05) is 17.9 Å². The molecule has 7 nitrogen and oxygen atoms in total. The predicted molar refractivity (Wildman–Crippen MR) is 143 cm³/mol. The zero-order chi connectivity index (χ0) is 29.8. The van der Waals surface area contributed by atoms with Gasteiger partial charge in [0.25, 0.3) is 10.0 Å². The Morgan fingerprint density at radius 1 is 1.02 bits per heavy atom. The van der Waals surface area contributed by atoms with E-state index < -0.39 is 69.2 Å². The van der Waals surface area contributed by atoms with Crippen LogP contribution in [0.25, 0.3) is 0 Å². The summed E-state index contributed by atoms with van der Waals surface area (Å²) in [6.07, 6.45) is -4.92. The number of halogens is 5. The van der Waals surface area contributed by atoms with Gasteiger partial charge in [-0.3, -0.25) is 13.9 Å². The third-order valence-electron chi connectivity index (χ3n) is 6.14. The molecule has 214 valence electrons. The van der Waals surface area contributed by atoms with Crippen LogP contribution in [0.2, 0.25) is 5.02 Å². The van der Waals surface area contributed by atoms with Crippen molar-refractivity contribution in [2.24, 2.45) is 0 Å². The Morgan fingerprint density at radius 2 is 1.65 bits per heavy atom. The topological polar surface area (TPSA) is 86.8 Å². The van der Waals surface area contributed by atoms with E-state index in [0.29, 0.717) is 10.4 Å². The zero-order valence-corrected chi connectivity index (χ0v) is 23.2. The van der Waals surface area contributed by atoms with Crippen molar-refractivity contribution in [1.29, 1.82) is 0 Å². The maximum atomic E-state index is 14.5. The first-order chi connectivity index (χ1) is 18.7. The third kappa shape index (κ3) is 6.92. The maximum absolute atomic E-state index is 14.5. The molecule has 0 aliphatic rings. The molecule has 13 heteroatoms. The number of carbonyl (C=O) groups is 2. The molecule has 0 aromatic heterocycles. The fourth-order valence-corrected chi connectivity index (χ4v) is 5.48. The van der Waals surface area contributed by atoms with Crippen molar-refractivity contribution >= 4 is 39.1 Å². The van der Waals surface area contributed by atoms with Gasteiger partial charge in [0.15, 0.2) is 0 Å². The number of anilines is 1. The molecule has 2 amide bonds. The van der Waals surface area contributed by atoms with Crippen molar-refractivity contribution < 1.29 is 35.6 Å². The monoisotopic (exact) mass is 599 g/mol. The molecule has 1 atom stereocenters. The highest BCUT2D eigenvalue weighted by molar-refractivity contribution is 7.92. The van der Waals surface area contributed by atoms with Crippen LogP contribution in [-0.4, -0.2) is 44.8 Å². The standard InChI is InChI=1S/C27H26ClF4N3O4S/c1-17-8-11-21(12-9-17)40(38,39)35(20-10-13-23(28)22(14-20)27(30,31)32)16-25(36)34(18(2)26(37)33-3)15-19-6-4-5-7-24(19)29/h4-14,18H,15-16H2,1-3H3,(H,33,37)/t18-/m0/s1. The third-order valence-corrected chi connectivity index (χ3v) is 8.26. The van der Waals surface area contributed by atoms with Crippen LogP contribution >= 0.6 is 11.6 Å². The summed E-state index contributed by atoms with van der Waals surface area (Å²) in [7, 11) is -3.28. The number of hydrogen-bond acceptors (Lipinski definition) is 4. The molecule has 0 unspecified atom stereocenters. The molecule has 0 saturated carbocycles. The predicted octanol–water partition coefficient (Wildman–Crippen LogP) is 5.16. The van der Waals surface area contributed by atoms with Crippen LogP contribution in [0.3, 0.4) is 0 Å². The lowest BCUT2D eigenvalue weighted by atomic mass is 10.1. The van der Waals surface area contributed by atoms with E-state index in [1.54, 1.807) is 6.92 Å². The largest absolute Gasteiger partial charge is 0.417 e. The molecule has 0 radical (unpaired) electrons. The summed E-state index contributed by atoms with van der Waals surface area (Å²) < 4.78 is 83.4. The van der Waals surface area contributed by atoms with Crippen LogP contribution < -0.4 is 9.62 Å². The van der Waals surface area contributed by atoms with Crippen molar-refractivity contribution in [3.8, 4) is 0 Å². The number of hydrogen-bond donors (Lipinski definition) is 1. The first kappa shape index (κ1) is 30.9. The lowest BCUT2D eigenvalue weighted by Crippen LogP contribution is -2.50. The van der Waals surface area contributed by atoms with E-state index in [0.717, 1.165) is 28.7 Å². The fraction of sp³-hybridized carbons (Fsp3) is 0.259. The molecule has 0 bridgehead atoms. The molecule has 3 aromatic carbocycles. The Labute approximate surface area is 234 Å². The highest BCUT2D eigenvalue weighted by Gasteiger charge is 2.37. The molecule has 1 N–H and O–H groups in total. The molecule has 0 heterocycles. The second kappa shape index (κ2) is 12.3. The Hall–Kier alpha value is -3.64. The second-order valence-electron chi connectivity index (χ2n) is 8.89. The lowest BCUT2D eigenvalue weighted by molar-refractivity contribution is -0.139. The van der Waals surface area contributed by atoms with Crippen LogP contribution in [0.5, 0.6) is 0 Å². The number of nitrogens with zero attached hydrogens (tertiary/aromatic N) is 2. The van der Waals surface area contributed by atoms with E-state index in [9.17, 15) is 35.6 Å². The second-order valence-corrected chi connectivity index (χ2v) is 11.2. The van der Waals surface area contributed by atoms with Gasteiger partial charge in [-0.2, -0.15) is 13.2 Å². The Balaban J connectivity index is 2.14. The SMILES string of the molecule is CNC(=O)[C@H](C)N(Cc1ccccc1F)C(=O)CN(c1ccc(Cl)c(C(F)(F)F)c1)S(=O)(=O)c1ccc(C)cc1. The average molecular weight is 600 g/mol. The normalized spacial score (nSPS) is 12.5. The number of rotatable bonds is 9. The smallest absolute Gasteiger partial charge is 0.357 e. The molecular formula is C27H26ClF4N3O4S. The molecule has 0 fully saturated rings. The zero-order valence-electron chi connectivity index (χ0n) is 21.7. The first-order valence-corrected chi connectivity index (χ1v) is 13.7. The molecule has 0 saturated heterocycles.